The van der Waals surface area contributed by atoms with Gasteiger partial charge >= 0.3 is 0 Å². The Hall–Kier alpha value is -3.73. The molecule has 176 valence electrons. The van der Waals surface area contributed by atoms with E-state index in [1.54, 1.807) is 14.2 Å². The summed E-state index contributed by atoms with van der Waals surface area (Å²) in [6, 6.07) is 24.4. The zero-order chi connectivity index (χ0) is 23.9. The highest BCUT2D eigenvalue weighted by molar-refractivity contribution is 5.86. The summed E-state index contributed by atoms with van der Waals surface area (Å²) in [6.07, 6.45) is 3.32. The fraction of sp³-hybridized carbons (Fsp3) is 0.276. The minimum Gasteiger partial charge on any atom is -0.497 e. The lowest BCUT2D eigenvalue weighted by atomic mass is 9.87. The van der Waals surface area contributed by atoms with Crippen molar-refractivity contribution in [2.75, 3.05) is 20.8 Å². The number of carbonyl (C=O) groups excluding carboxylic acids is 1. The second kappa shape index (κ2) is 10.9. The average molecular weight is 457 g/mol. The van der Waals surface area contributed by atoms with Gasteiger partial charge in [0.1, 0.15) is 11.5 Å². The lowest BCUT2D eigenvalue weighted by Crippen LogP contribution is -2.27. The molecule has 1 atom stereocenters. The van der Waals surface area contributed by atoms with Gasteiger partial charge in [-0.1, -0.05) is 48.5 Å². The summed E-state index contributed by atoms with van der Waals surface area (Å²) in [4.78, 5) is 13.1. The largest absolute Gasteiger partial charge is 0.497 e. The molecule has 0 aliphatic heterocycles. The van der Waals surface area contributed by atoms with E-state index in [0.29, 0.717) is 24.5 Å². The second-order valence-electron chi connectivity index (χ2n) is 8.38. The molecule has 0 aliphatic rings. The molecule has 0 bridgehead atoms. The van der Waals surface area contributed by atoms with Gasteiger partial charge in [-0.05, 0) is 48.2 Å². The fourth-order valence-electron chi connectivity index (χ4n) is 4.50. The molecule has 1 amide bonds. The normalized spacial score (nSPS) is 11.9. The molecule has 5 heteroatoms. The molecule has 0 saturated heterocycles. The van der Waals surface area contributed by atoms with Gasteiger partial charge in [0.2, 0.25) is 5.91 Å². The quantitative estimate of drug-likeness (QED) is 0.340. The first-order valence-electron chi connectivity index (χ1n) is 11.7. The Morgan fingerprint density at radius 1 is 0.941 bits per heavy atom. The molecular weight excluding hydrogens is 424 g/mol. The van der Waals surface area contributed by atoms with E-state index >= 15 is 0 Å². The van der Waals surface area contributed by atoms with Crippen molar-refractivity contribution in [3.05, 3.63) is 95.7 Å². The first-order chi connectivity index (χ1) is 16.6. The Morgan fingerprint density at radius 3 is 2.29 bits per heavy atom. The molecule has 0 saturated carbocycles. The molecule has 4 rings (SSSR count). The summed E-state index contributed by atoms with van der Waals surface area (Å²) < 4.78 is 13.3. The molecule has 0 spiro atoms. The third-order valence-electron chi connectivity index (χ3n) is 6.28. The minimum absolute atomic E-state index is 0.0241. The van der Waals surface area contributed by atoms with Crippen molar-refractivity contribution in [2.45, 2.75) is 32.2 Å². The number of para-hydroxylation sites is 1. The maximum Gasteiger partial charge on any atom is 0.220 e. The van der Waals surface area contributed by atoms with Crippen LogP contribution < -0.4 is 14.8 Å². The predicted octanol–water partition coefficient (Wildman–Crippen LogP) is 5.56. The van der Waals surface area contributed by atoms with Crippen LogP contribution in [-0.2, 0) is 17.8 Å². The van der Waals surface area contributed by atoms with Gasteiger partial charge < -0.3 is 19.4 Å². The van der Waals surface area contributed by atoms with Crippen LogP contribution in [0.5, 0.6) is 11.5 Å². The molecule has 34 heavy (non-hydrogen) atoms. The van der Waals surface area contributed by atoms with E-state index in [4.69, 9.17) is 9.47 Å². The smallest absolute Gasteiger partial charge is 0.220 e. The Bertz CT molecular complexity index is 1220. The number of fused-ring (bicyclic) bond motifs is 1. The van der Waals surface area contributed by atoms with Gasteiger partial charge in [0.25, 0.3) is 0 Å². The lowest BCUT2D eigenvalue weighted by molar-refractivity contribution is -0.121. The Labute approximate surface area is 201 Å². The van der Waals surface area contributed by atoms with Crippen molar-refractivity contribution in [3.8, 4) is 11.5 Å². The molecule has 1 N–H and O–H groups in total. The van der Waals surface area contributed by atoms with Gasteiger partial charge in [0, 0.05) is 48.6 Å². The Morgan fingerprint density at radius 2 is 1.62 bits per heavy atom. The van der Waals surface area contributed by atoms with Gasteiger partial charge in [-0.3, -0.25) is 4.79 Å². The first kappa shape index (κ1) is 23.4. The molecule has 3 aromatic carbocycles. The molecule has 1 unspecified atom stereocenters. The highest BCUT2D eigenvalue weighted by Crippen LogP contribution is 2.37. The van der Waals surface area contributed by atoms with Gasteiger partial charge in [0.15, 0.2) is 0 Å². The summed E-state index contributed by atoms with van der Waals surface area (Å²) in [6.45, 7) is 3.60. The number of aryl methyl sites for hydroxylation is 1. The minimum atomic E-state index is -0.140. The maximum absolute atomic E-state index is 13.1. The zero-order valence-corrected chi connectivity index (χ0v) is 20.1. The number of methoxy groups -OCH3 is 2. The number of hydrogen-bond donors (Lipinski definition) is 1. The summed E-state index contributed by atoms with van der Waals surface area (Å²) in [5.74, 6) is 1.31. The van der Waals surface area contributed by atoms with Crippen molar-refractivity contribution >= 4 is 16.8 Å². The van der Waals surface area contributed by atoms with Crippen LogP contribution in [0.3, 0.4) is 0 Å². The van der Waals surface area contributed by atoms with Crippen molar-refractivity contribution in [1.82, 2.24) is 9.88 Å². The van der Waals surface area contributed by atoms with Crippen LogP contribution in [0.1, 0.15) is 36.0 Å². The number of amides is 1. The van der Waals surface area contributed by atoms with E-state index in [0.717, 1.165) is 29.5 Å². The van der Waals surface area contributed by atoms with Gasteiger partial charge in [0.05, 0.1) is 14.2 Å². The summed E-state index contributed by atoms with van der Waals surface area (Å²) in [5, 5.41) is 4.28. The van der Waals surface area contributed by atoms with E-state index in [1.165, 1.54) is 11.1 Å². The van der Waals surface area contributed by atoms with Gasteiger partial charge in [-0.15, -0.1) is 0 Å². The van der Waals surface area contributed by atoms with Crippen LogP contribution >= 0.6 is 0 Å². The van der Waals surface area contributed by atoms with Gasteiger partial charge in [-0.25, -0.2) is 0 Å². The average Bonchev–Trinajstić information content (AvgIpc) is 3.26. The second-order valence-corrected chi connectivity index (χ2v) is 8.38. The molecule has 1 heterocycles. The number of benzene rings is 3. The monoisotopic (exact) mass is 456 g/mol. The molecule has 4 aromatic rings. The fourth-order valence-corrected chi connectivity index (χ4v) is 4.50. The first-order valence-corrected chi connectivity index (χ1v) is 11.7. The van der Waals surface area contributed by atoms with E-state index in [9.17, 15) is 4.79 Å². The van der Waals surface area contributed by atoms with Crippen LogP contribution in [0.2, 0.25) is 0 Å². The molecule has 0 fully saturated rings. The van der Waals surface area contributed by atoms with Crippen LogP contribution in [0.15, 0.2) is 79.0 Å². The van der Waals surface area contributed by atoms with E-state index in [-0.39, 0.29) is 11.8 Å². The summed E-state index contributed by atoms with van der Waals surface area (Å²) in [5.41, 5.74) is 4.51. The zero-order valence-electron chi connectivity index (χ0n) is 20.1. The van der Waals surface area contributed by atoms with Crippen LogP contribution in [0, 0.1) is 0 Å². The Kier molecular flexibility index (Phi) is 7.53. The number of ether oxygens (including phenoxy) is 2. The van der Waals surface area contributed by atoms with E-state index < -0.39 is 0 Å². The Balaban J connectivity index is 1.66. The standard InChI is InChI=1S/C29H32N2O3/c1-4-31-20-27(25-12-8-9-13-28(25)31)26(22-16-23(33-2)18-24(17-22)34-3)19-29(32)30-15-14-21-10-6-5-7-11-21/h5-13,16-18,20,26H,4,14-15,19H2,1-3H3,(H,30,32). The third kappa shape index (κ3) is 5.25. The highest BCUT2D eigenvalue weighted by Gasteiger charge is 2.24. The van der Waals surface area contributed by atoms with Crippen molar-refractivity contribution in [1.29, 1.82) is 0 Å². The van der Waals surface area contributed by atoms with Crippen molar-refractivity contribution < 1.29 is 14.3 Å². The molecule has 0 radical (unpaired) electrons. The number of rotatable bonds is 10. The molecule has 5 nitrogen and oxygen atoms in total. The maximum atomic E-state index is 13.1. The summed E-state index contributed by atoms with van der Waals surface area (Å²) in [7, 11) is 3.29. The van der Waals surface area contributed by atoms with Crippen molar-refractivity contribution in [3.63, 3.8) is 0 Å². The third-order valence-corrected chi connectivity index (χ3v) is 6.28. The summed E-state index contributed by atoms with van der Waals surface area (Å²) >= 11 is 0. The predicted molar refractivity (Wildman–Crippen MR) is 137 cm³/mol. The van der Waals surface area contributed by atoms with Gasteiger partial charge in [-0.2, -0.15) is 0 Å². The number of nitrogens with one attached hydrogen (secondary N) is 1. The van der Waals surface area contributed by atoms with Crippen LogP contribution in [0.4, 0.5) is 0 Å². The number of carbonyl (C=O) groups is 1. The lowest BCUT2D eigenvalue weighted by Gasteiger charge is -2.19. The number of hydrogen-bond acceptors (Lipinski definition) is 3. The number of nitrogens with zero attached hydrogens (tertiary/aromatic N) is 1. The van der Waals surface area contributed by atoms with Crippen molar-refractivity contribution in [2.24, 2.45) is 0 Å². The highest BCUT2D eigenvalue weighted by atomic mass is 16.5. The molecule has 0 aliphatic carbocycles. The molecular formula is C29H32N2O3. The van der Waals surface area contributed by atoms with E-state index in [1.807, 2.05) is 36.4 Å². The SMILES string of the molecule is CCn1cc(C(CC(=O)NCCc2ccccc2)c2cc(OC)cc(OC)c2)c2ccccc21. The number of aromatic nitrogens is 1. The molecule has 1 aromatic heterocycles. The topological polar surface area (TPSA) is 52.5 Å². The van der Waals surface area contributed by atoms with Crippen LogP contribution in [-0.4, -0.2) is 31.2 Å². The van der Waals surface area contributed by atoms with E-state index in [2.05, 4.69) is 59.4 Å². The van der Waals surface area contributed by atoms with Crippen LogP contribution in [0.25, 0.3) is 10.9 Å².